The van der Waals surface area contributed by atoms with Crippen LogP contribution in [-0.4, -0.2) is 87.5 Å². The number of rotatable bonds is 9. The number of hydrogen-bond acceptors (Lipinski definition) is 8. The van der Waals surface area contributed by atoms with Crippen LogP contribution in [0.1, 0.15) is 26.1 Å². The van der Waals surface area contributed by atoms with Gasteiger partial charge in [0.05, 0.1) is 30.9 Å². The summed E-state index contributed by atoms with van der Waals surface area (Å²) in [6, 6.07) is 7.80. The van der Waals surface area contributed by atoms with E-state index in [4.69, 9.17) is 4.74 Å². The number of morpholine rings is 1. The minimum Gasteiger partial charge on any atom is -0.395 e. The number of nitrogens with one attached hydrogen (secondary N) is 1. The van der Waals surface area contributed by atoms with Crippen LogP contribution in [0.3, 0.4) is 0 Å². The summed E-state index contributed by atoms with van der Waals surface area (Å²) in [5, 5.41) is 12.3. The standard InChI is InChI=1S/C23H29F2N7O3/c1-3-30(8-11-33)22(34)15(2)26-23-28-18(31-9-12-35-13-10-31)14-19(29-23)32-17-7-5-4-6-16(17)27-21(32)20(24)25/h4-7,14-15,20,33H,3,8-13H2,1-2H3,(H,26,28,29)/t15-/m0/s1. The van der Waals surface area contributed by atoms with E-state index in [2.05, 4.69) is 20.3 Å². The Morgan fingerprint density at radius 3 is 2.60 bits per heavy atom. The quantitative estimate of drug-likeness (QED) is 0.471. The molecule has 0 unspecified atom stereocenters. The van der Waals surface area contributed by atoms with Crippen LogP contribution in [0.5, 0.6) is 0 Å². The van der Waals surface area contributed by atoms with E-state index < -0.39 is 18.3 Å². The average Bonchev–Trinajstić information content (AvgIpc) is 3.27. The van der Waals surface area contributed by atoms with Gasteiger partial charge in [-0.1, -0.05) is 12.1 Å². The average molecular weight is 490 g/mol. The Hall–Kier alpha value is -3.38. The van der Waals surface area contributed by atoms with Gasteiger partial charge in [-0.05, 0) is 26.0 Å². The number of benzene rings is 1. The van der Waals surface area contributed by atoms with E-state index in [-0.39, 0.29) is 30.8 Å². The van der Waals surface area contributed by atoms with Crippen molar-refractivity contribution in [3.05, 3.63) is 36.2 Å². The first-order valence-corrected chi connectivity index (χ1v) is 11.6. The van der Waals surface area contributed by atoms with Gasteiger partial charge in [-0.15, -0.1) is 0 Å². The van der Waals surface area contributed by atoms with Crippen molar-refractivity contribution in [2.45, 2.75) is 26.3 Å². The molecular weight excluding hydrogens is 460 g/mol. The van der Waals surface area contributed by atoms with Gasteiger partial charge in [-0.3, -0.25) is 9.36 Å². The molecule has 12 heteroatoms. The van der Waals surface area contributed by atoms with Crippen LogP contribution in [0.2, 0.25) is 0 Å². The highest BCUT2D eigenvalue weighted by Crippen LogP contribution is 2.29. The lowest BCUT2D eigenvalue weighted by Crippen LogP contribution is -2.43. The summed E-state index contributed by atoms with van der Waals surface area (Å²) in [7, 11) is 0. The second-order valence-electron chi connectivity index (χ2n) is 8.11. The second-order valence-corrected chi connectivity index (χ2v) is 8.11. The third-order valence-corrected chi connectivity index (χ3v) is 5.82. The molecule has 2 N–H and O–H groups in total. The lowest BCUT2D eigenvalue weighted by atomic mass is 10.3. The molecule has 4 rings (SSSR count). The van der Waals surface area contributed by atoms with Crippen molar-refractivity contribution in [1.82, 2.24) is 24.4 Å². The summed E-state index contributed by atoms with van der Waals surface area (Å²) in [6.07, 6.45) is -2.82. The molecule has 1 fully saturated rings. The number of fused-ring (bicyclic) bond motifs is 1. The smallest absolute Gasteiger partial charge is 0.296 e. The predicted octanol–water partition coefficient (Wildman–Crippen LogP) is 2.23. The minimum atomic E-state index is -2.82. The number of para-hydroxylation sites is 2. The first kappa shape index (κ1) is 24.7. The van der Waals surface area contributed by atoms with Crippen molar-refractivity contribution < 1.29 is 23.4 Å². The normalized spacial score (nSPS) is 15.0. The van der Waals surface area contributed by atoms with Crippen LogP contribution >= 0.6 is 0 Å². The maximum atomic E-state index is 14.0. The van der Waals surface area contributed by atoms with Crippen molar-refractivity contribution in [2.75, 3.05) is 56.2 Å². The fourth-order valence-electron chi connectivity index (χ4n) is 4.06. The maximum absolute atomic E-state index is 14.0. The monoisotopic (exact) mass is 489 g/mol. The van der Waals surface area contributed by atoms with Gasteiger partial charge < -0.3 is 25.0 Å². The molecule has 0 saturated carbocycles. The number of aliphatic hydroxyl groups excluding tert-OH is 1. The SMILES string of the molecule is CCN(CCO)C(=O)[C@H](C)Nc1nc(N2CCOCC2)cc(-n2c(C(F)F)nc3ccccc32)n1. The Morgan fingerprint density at radius 2 is 1.91 bits per heavy atom. The number of ether oxygens (including phenoxy) is 1. The Balaban J connectivity index is 1.77. The molecule has 0 aliphatic carbocycles. The summed E-state index contributed by atoms with van der Waals surface area (Å²) in [6.45, 7) is 6.18. The van der Waals surface area contributed by atoms with Gasteiger partial charge in [-0.2, -0.15) is 9.97 Å². The third-order valence-electron chi connectivity index (χ3n) is 5.82. The Labute approximate surface area is 201 Å². The topological polar surface area (TPSA) is 109 Å². The van der Waals surface area contributed by atoms with Gasteiger partial charge >= 0.3 is 0 Å². The van der Waals surface area contributed by atoms with E-state index in [1.54, 1.807) is 37.3 Å². The molecule has 1 aliphatic rings. The number of nitrogens with zero attached hydrogens (tertiary/aromatic N) is 6. The lowest BCUT2D eigenvalue weighted by molar-refractivity contribution is -0.132. The lowest BCUT2D eigenvalue weighted by Gasteiger charge is -2.29. The molecule has 3 heterocycles. The van der Waals surface area contributed by atoms with Crippen molar-refractivity contribution in [1.29, 1.82) is 0 Å². The number of likely N-dealkylation sites (N-methyl/N-ethyl adjacent to an activating group) is 1. The Kier molecular flexibility index (Phi) is 7.71. The maximum Gasteiger partial charge on any atom is 0.296 e. The van der Waals surface area contributed by atoms with Crippen molar-refractivity contribution in [2.24, 2.45) is 0 Å². The zero-order valence-electron chi connectivity index (χ0n) is 19.7. The van der Waals surface area contributed by atoms with Gasteiger partial charge in [0.2, 0.25) is 11.9 Å². The van der Waals surface area contributed by atoms with E-state index in [9.17, 15) is 18.7 Å². The second kappa shape index (κ2) is 10.9. The summed E-state index contributed by atoms with van der Waals surface area (Å²) in [4.78, 5) is 29.5. The highest BCUT2D eigenvalue weighted by molar-refractivity contribution is 5.84. The molecule has 188 valence electrons. The zero-order valence-corrected chi connectivity index (χ0v) is 19.7. The number of alkyl halides is 2. The van der Waals surface area contributed by atoms with E-state index in [0.29, 0.717) is 49.7 Å². The highest BCUT2D eigenvalue weighted by atomic mass is 19.3. The van der Waals surface area contributed by atoms with Gasteiger partial charge in [0, 0.05) is 32.2 Å². The number of anilines is 2. The highest BCUT2D eigenvalue weighted by Gasteiger charge is 2.25. The van der Waals surface area contributed by atoms with E-state index in [0.717, 1.165) is 0 Å². The van der Waals surface area contributed by atoms with E-state index in [1.807, 2.05) is 11.8 Å². The van der Waals surface area contributed by atoms with Crippen LogP contribution < -0.4 is 10.2 Å². The first-order valence-electron chi connectivity index (χ1n) is 11.6. The number of aliphatic hydroxyl groups is 1. The zero-order chi connectivity index (χ0) is 24.9. The van der Waals surface area contributed by atoms with Gasteiger partial charge in [0.15, 0.2) is 5.82 Å². The third kappa shape index (κ3) is 5.33. The number of carbonyl (C=O) groups excluding carboxylic acids is 1. The van der Waals surface area contributed by atoms with Crippen molar-refractivity contribution in [3.63, 3.8) is 0 Å². The Bertz CT molecular complexity index is 1170. The molecule has 2 aromatic heterocycles. The molecule has 1 aliphatic heterocycles. The van der Waals surface area contributed by atoms with Crippen LogP contribution in [0.25, 0.3) is 16.9 Å². The summed E-state index contributed by atoms with van der Waals surface area (Å²) < 4.78 is 34.7. The molecule has 0 radical (unpaired) electrons. The van der Waals surface area contributed by atoms with Crippen LogP contribution in [-0.2, 0) is 9.53 Å². The van der Waals surface area contributed by atoms with Gasteiger partial charge in [0.25, 0.3) is 6.43 Å². The molecule has 1 amide bonds. The van der Waals surface area contributed by atoms with E-state index in [1.165, 1.54) is 9.47 Å². The van der Waals surface area contributed by atoms with Gasteiger partial charge in [-0.25, -0.2) is 13.8 Å². The molecule has 10 nitrogen and oxygen atoms in total. The number of imidazole rings is 1. The molecule has 1 aromatic carbocycles. The molecule has 1 saturated heterocycles. The predicted molar refractivity (Wildman–Crippen MR) is 127 cm³/mol. The summed E-state index contributed by atoms with van der Waals surface area (Å²) >= 11 is 0. The largest absolute Gasteiger partial charge is 0.395 e. The number of amides is 1. The summed E-state index contributed by atoms with van der Waals surface area (Å²) in [5.41, 5.74) is 0.916. The van der Waals surface area contributed by atoms with Crippen LogP contribution in [0.4, 0.5) is 20.5 Å². The fraction of sp³-hybridized carbons (Fsp3) is 0.478. The molecule has 35 heavy (non-hydrogen) atoms. The molecular formula is C23H29F2N7O3. The molecule has 0 spiro atoms. The molecule has 0 bridgehead atoms. The molecule has 3 aromatic rings. The molecule has 1 atom stereocenters. The van der Waals surface area contributed by atoms with E-state index >= 15 is 0 Å². The fourth-order valence-corrected chi connectivity index (χ4v) is 4.06. The van der Waals surface area contributed by atoms with Crippen molar-refractivity contribution in [3.8, 4) is 5.82 Å². The number of aromatic nitrogens is 4. The number of hydrogen-bond donors (Lipinski definition) is 2. The summed E-state index contributed by atoms with van der Waals surface area (Å²) in [5.74, 6) is 0.220. The Morgan fingerprint density at radius 1 is 1.20 bits per heavy atom. The number of carbonyl (C=O) groups is 1. The van der Waals surface area contributed by atoms with Crippen LogP contribution in [0.15, 0.2) is 30.3 Å². The van der Waals surface area contributed by atoms with Crippen LogP contribution in [0, 0.1) is 0 Å². The first-order chi connectivity index (χ1) is 16.9. The minimum absolute atomic E-state index is 0.128. The van der Waals surface area contributed by atoms with Crippen molar-refractivity contribution >= 4 is 28.7 Å². The number of halogens is 2. The van der Waals surface area contributed by atoms with Gasteiger partial charge in [0.1, 0.15) is 17.7 Å².